The molecular weight excluding hydrogens is 264 g/mol. The lowest BCUT2D eigenvalue weighted by molar-refractivity contribution is 0.0808. The van der Waals surface area contributed by atoms with Crippen LogP contribution >= 0.6 is 0 Å². The van der Waals surface area contributed by atoms with Gasteiger partial charge >= 0.3 is 0 Å². The maximum atomic E-state index is 12.5. The summed E-state index contributed by atoms with van der Waals surface area (Å²) in [7, 11) is 0. The van der Waals surface area contributed by atoms with Crippen LogP contribution in [0.15, 0.2) is 42.7 Å². The number of benzene rings is 1. The van der Waals surface area contributed by atoms with Gasteiger partial charge in [0.15, 0.2) is 0 Å². The minimum Gasteiger partial charge on any atom is -0.396 e. The highest BCUT2D eigenvalue weighted by Gasteiger charge is 2.32. The van der Waals surface area contributed by atoms with Crippen molar-refractivity contribution in [1.82, 2.24) is 10.3 Å². The molecule has 1 unspecified atom stereocenters. The number of amides is 1. The summed E-state index contributed by atoms with van der Waals surface area (Å²) >= 11 is 0. The van der Waals surface area contributed by atoms with E-state index in [4.69, 9.17) is 0 Å². The van der Waals surface area contributed by atoms with Gasteiger partial charge in [-0.25, -0.2) is 0 Å². The highest BCUT2D eigenvalue weighted by Crippen LogP contribution is 2.33. The Labute approximate surface area is 125 Å². The van der Waals surface area contributed by atoms with Crippen LogP contribution < -0.4 is 5.32 Å². The molecule has 0 fully saturated rings. The molecule has 0 aliphatic carbocycles. The fourth-order valence-electron chi connectivity index (χ4n) is 2.36. The van der Waals surface area contributed by atoms with E-state index in [9.17, 15) is 9.90 Å². The molecule has 4 heteroatoms. The zero-order chi connectivity index (χ0) is 15.5. The molecule has 1 amide bonds. The third-order valence-electron chi connectivity index (χ3n) is 3.79. The molecule has 3 N–H and O–H groups in total. The van der Waals surface area contributed by atoms with Gasteiger partial charge in [-0.05, 0) is 18.1 Å². The van der Waals surface area contributed by atoms with Gasteiger partial charge in [-0.2, -0.15) is 0 Å². The summed E-state index contributed by atoms with van der Waals surface area (Å²) in [5, 5.41) is 12.7. The first-order valence-corrected chi connectivity index (χ1v) is 7.06. The number of aliphatic hydroxyl groups is 1. The Morgan fingerprint density at radius 2 is 1.95 bits per heavy atom. The van der Waals surface area contributed by atoms with Crippen LogP contribution in [0.3, 0.4) is 0 Å². The molecule has 0 aliphatic heterocycles. The number of aliphatic hydroxyl groups excluding tert-OH is 1. The molecule has 0 saturated heterocycles. The van der Waals surface area contributed by atoms with E-state index in [-0.39, 0.29) is 18.6 Å². The van der Waals surface area contributed by atoms with Crippen LogP contribution in [0.2, 0.25) is 0 Å². The zero-order valence-corrected chi connectivity index (χ0v) is 12.7. The second kappa shape index (κ2) is 6.14. The van der Waals surface area contributed by atoms with Gasteiger partial charge in [-0.3, -0.25) is 4.79 Å². The van der Waals surface area contributed by atoms with Crippen LogP contribution in [-0.4, -0.2) is 22.6 Å². The number of hydrogen-bond donors (Lipinski definition) is 3. The molecule has 1 aromatic heterocycles. The molecule has 4 nitrogen and oxygen atoms in total. The van der Waals surface area contributed by atoms with Gasteiger partial charge in [0.2, 0.25) is 0 Å². The lowest BCUT2D eigenvalue weighted by Gasteiger charge is -2.33. The van der Waals surface area contributed by atoms with Gasteiger partial charge in [0.1, 0.15) is 0 Å². The maximum absolute atomic E-state index is 12.5. The number of aromatic nitrogens is 1. The van der Waals surface area contributed by atoms with E-state index < -0.39 is 5.41 Å². The number of carbonyl (C=O) groups is 1. The van der Waals surface area contributed by atoms with Crippen LogP contribution in [-0.2, 0) is 0 Å². The molecule has 1 aromatic carbocycles. The Kier molecular flexibility index (Phi) is 4.48. The SMILES string of the molecule is Cc1c[nH]cc1C(=O)NC(c1ccccc1)C(C)(C)CO. The third kappa shape index (κ3) is 3.34. The number of H-pyrrole nitrogens is 1. The number of nitrogens with one attached hydrogen (secondary N) is 2. The Morgan fingerprint density at radius 1 is 1.29 bits per heavy atom. The highest BCUT2D eigenvalue weighted by atomic mass is 16.3. The number of aryl methyl sites for hydroxylation is 1. The van der Waals surface area contributed by atoms with Crippen molar-refractivity contribution in [3.63, 3.8) is 0 Å². The van der Waals surface area contributed by atoms with Crippen LogP contribution in [0.5, 0.6) is 0 Å². The summed E-state index contributed by atoms with van der Waals surface area (Å²) < 4.78 is 0. The maximum Gasteiger partial charge on any atom is 0.253 e. The van der Waals surface area contributed by atoms with Crippen molar-refractivity contribution in [3.05, 3.63) is 59.4 Å². The van der Waals surface area contributed by atoms with Gasteiger partial charge in [-0.1, -0.05) is 44.2 Å². The van der Waals surface area contributed by atoms with Crippen molar-refractivity contribution in [3.8, 4) is 0 Å². The fraction of sp³-hybridized carbons (Fsp3) is 0.353. The predicted molar refractivity (Wildman–Crippen MR) is 83.0 cm³/mol. The number of carbonyl (C=O) groups excluding carboxylic acids is 1. The average molecular weight is 286 g/mol. The molecule has 1 atom stereocenters. The summed E-state index contributed by atoms with van der Waals surface area (Å²) in [6, 6.07) is 9.47. The first kappa shape index (κ1) is 15.3. The lowest BCUT2D eigenvalue weighted by atomic mass is 9.81. The molecule has 21 heavy (non-hydrogen) atoms. The quantitative estimate of drug-likeness (QED) is 0.791. The first-order chi connectivity index (χ1) is 9.95. The topological polar surface area (TPSA) is 65.1 Å². The second-order valence-electron chi connectivity index (χ2n) is 6.02. The largest absolute Gasteiger partial charge is 0.396 e. The second-order valence-corrected chi connectivity index (χ2v) is 6.02. The smallest absolute Gasteiger partial charge is 0.253 e. The molecule has 0 radical (unpaired) electrons. The molecule has 1 heterocycles. The minimum absolute atomic E-state index is 0.0149. The Bertz CT molecular complexity index is 602. The normalized spacial score (nSPS) is 13.0. The van der Waals surface area contributed by atoms with E-state index >= 15 is 0 Å². The van der Waals surface area contributed by atoms with E-state index in [0.29, 0.717) is 5.56 Å². The van der Waals surface area contributed by atoms with Crippen LogP contribution in [0.4, 0.5) is 0 Å². The summed E-state index contributed by atoms with van der Waals surface area (Å²) in [5.41, 5.74) is 2.06. The molecule has 2 rings (SSSR count). The Morgan fingerprint density at radius 3 is 2.48 bits per heavy atom. The minimum atomic E-state index is -0.457. The molecule has 0 spiro atoms. The van der Waals surface area contributed by atoms with E-state index in [1.807, 2.05) is 51.1 Å². The van der Waals surface area contributed by atoms with Crippen molar-refractivity contribution in [2.45, 2.75) is 26.8 Å². The third-order valence-corrected chi connectivity index (χ3v) is 3.79. The van der Waals surface area contributed by atoms with Crippen molar-refractivity contribution >= 4 is 5.91 Å². The molecule has 112 valence electrons. The zero-order valence-electron chi connectivity index (χ0n) is 12.7. The standard InChI is InChI=1S/C17H22N2O2/c1-12-9-18-10-14(12)16(21)19-15(17(2,3)11-20)13-7-5-4-6-8-13/h4-10,15,18,20H,11H2,1-3H3,(H,19,21). The highest BCUT2D eigenvalue weighted by molar-refractivity contribution is 5.95. The van der Waals surface area contributed by atoms with Crippen LogP contribution in [0.1, 0.15) is 41.4 Å². The van der Waals surface area contributed by atoms with Gasteiger partial charge in [0, 0.05) is 17.8 Å². The van der Waals surface area contributed by atoms with Gasteiger partial charge in [0.05, 0.1) is 18.2 Å². The number of hydrogen-bond acceptors (Lipinski definition) is 2. The van der Waals surface area contributed by atoms with E-state index in [1.54, 1.807) is 12.4 Å². The van der Waals surface area contributed by atoms with Crippen molar-refractivity contribution in [1.29, 1.82) is 0 Å². The molecule has 0 bridgehead atoms. The van der Waals surface area contributed by atoms with E-state index in [2.05, 4.69) is 10.3 Å². The Balaban J connectivity index is 2.29. The summed E-state index contributed by atoms with van der Waals surface area (Å²) in [5.74, 6) is -0.135. The summed E-state index contributed by atoms with van der Waals surface area (Å²) in [4.78, 5) is 15.4. The van der Waals surface area contributed by atoms with Crippen LogP contribution in [0, 0.1) is 12.3 Å². The van der Waals surface area contributed by atoms with E-state index in [0.717, 1.165) is 11.1 Å². The molecular formula is C17H22N2O2. The van der Waals surface area contributed by atoms with Crippen molar-refractivity contribution < 1.29 is 9.90 Å². The van der Waals surface area contributed by atoms with Crippen LogP contribution in [0.25, 0.3) is 0 Å². The van der Waals surface area contributed by atoms with Gasteiger partial charge in [-0.15, -0.1) is 0 Å². The fourth-order valence-corrected chi connectivity index (χ4v) is 2.36. The van der Waals surface area contributed by atoms with Crippen molar-refractivity contribution in [2.75, 3.05) is 6.61 Å². The lowest BCUT2D eigenvalue weighted by Crippen LogP contribution is -2.40. The van der Waals surface area contributed by atoms with Gasteiger partial charge < -0.3 is 15.4 Å². The number of rotatable bonds is 5. The number of aromatic amines is 1. The summed E-state index contributed by atoms with van der Waals surface area (Å²) in [6.07, 6.45) is 3.49. The molecule has 0 saturated carbocycles. The average Bonchev–Trinajstić information content (AvgIpc) is 2.91. The first-order valence-electron chi connectivity index (χ1n) is 7.06. The van der Waals surface area contributed by atoms with E-state index in [1.165, 1.54) is 0 Å². The van der Waals surface area contributed by atoms with Crippen molar-refractivity contribution in [2.24, 2.45) is 5.41 Å². The monoisotopic (exact) mass is 286 g/mol. The summed E-state index contributed by atoms with van der Waals surface area (Å²) in [6.45, 7) is 5.75. The molecule has 2 aromatic rings. The predicted octanol–water partition coefficient (Wildman–Crippen LogP) is 2.81. The molecule has 0 aliphatic rings. The Hall–Kier alpha value is -2.07. The van der Waals surface area contributed by atoms with Gasteiger partial charge in [0.25, 0.3) is 5.91 Å².